The molecule has 0 radical (unpaired) electrons. The van der Waals surface area contributed by atoms with Gasteiger partial charge in [0.1, 0.15) is 0 Å². The van der Waals surface area contributed by atoms with Crippen LogP contribution in [0.1, 0.15) is 11.5 Å². The Labute approximate surface area is 117 Å². The molecule has 0 saturated carbocycles. The predicted octanol–water partition coefficient (Wildman–Crippen LogP) is 1.63. The van der Waals surface area contributed by atoms with Crippen LogP contribution >= 0.6 is 12.2 Å². The zero-order valence-electron chi connectivity index (χ0n) is 10.2. The molecule has 2 aromatic heterocycles. The summed E-state index contributed by atoms with van der Waals surface area (Å²) in [4.78, 5) is 13.5. The number of aromatic nitrogens is 4. The van der Waals surface area contributed by atoms with Crippen LogP contribution in [-0.4, -0.2) is 24.8 Å². The van der Waals surface area contributed by atoms with Gasteiger partial charge in [-0.15, -0.1) is 0 Å². The average Bonchev–Trinajstić information content (AvgIpc) is 2.95. The van der Waals surface area contributed by atoms with Crippen molar-refractivity contribution in [1.29, 1.82) is 0 Å². The van der Waals surface area contributed by atoms with E-state index in [2.05, 4.69) is 15.2 Å². The minimum absolute atomic E-state index is 0.0598. The van der Waals surface area contributed by atoms with Gasteiger partial charge in [0.15, 0.2) is 5.82 Å². The van der Waals surface area contributed by atoms with Crippen molar-refractivity contribution in [3.8, 4) is 0 Å². The van der Waals surface area contributed by atoms with Crippen molar-refractivity contribution in [3.63, 3.8) is 0 Å². The second kappa shape index (κ2) is 4.46. The smallest absolute Gasteiger partial charge is 0.270 e. The predicted molar refractivity (Wildman–Crippen MR) is 75.3 cm³/mol. The van der Waals surface area contributed by atoms with Crippen molar-refractivity contribution in [3.05, 3.63) is 50.7 Å². The third kappa shape index (κ3) is 2.03. The van der Waals surface area contributed by atoms with Gasteiger partial charge in [-0.3, -0.25) is 15.2 Å². The topological polar surface area (TPSA) is 119 Å². The lowest BCUT2D eigenvalue weighted by atomic mass is 10.2. The number of nitrogen functional groups attached to an aromatic ring is 1. The van der Waals surface area contributed by atoms with Crippen LogP contribution in [0.25, 0.3) is 10.9 Å². The molecule has 0 aliphatic rings. The highest BCUT2D eigenvalue weighted by Gasteiger charge is 2.10. The van der Waals surface area contributed by atoms with E-state index in [1.54, 1.807) is 6.07 Å². The van der Waals surface area contributed by atoms with Gasteiger partial charge in [-0.25, -0.2) is 4.68 Å². The second-order valence-electron chi connectivity index (χ2n) is 4.32. The molecule has 3 aromatic rings. The highest BCUT2D eigenvalue weighted by Crippen LogP contribution is 2.22. The fourth-order valence-electron chi connectivity index (χ4n) is 2.02. The molecule has 2 heterocycles. The van der Waals surface area contributed by atoms with Crippen LogP contribution in [0.4, 0.5) is 5.69 Å². The summed E-state index contributed by atoms with van der Waals surface area (Å²) in [5.74, 6) is 6.30. The number of H-pyrrole nitrogens is 2. The molecule has 0 bridgehead atoms. The van der Waals surface area contributed by atoms with Crippen molar-refractivity contribution >= 4 is 28.8 Å². The van der Waals surface area contributed by atoms with E-state index in [-0.39, 0.29) is 5.69 Å². The van der Waals surface area contributed by atoms with E-state index >= 15 is 0 Å². The summed E-state index contributed by atoms with van der Waals surface area (Å²) in [5, 5.41) is 18.1. The summed E-state index contributed by atoms with van der Waals surface area (Å²) in [5.41, 5.74) is 1.73. The van der Waals surface area contributed by atoms with E-state index in [4.69, 9.17) is 18.1 Å². The van der Waals surface area contributed by atoms with Gasteiger partial charge in [0.25, 0.3) is 5.69 Å². The standard InChI is InChI=1S/C11H10N6O2S/c12-16-10(14-15-11(16)20)5-7-3-6-4-8(17(18)19)1-2-9(6)13-7/h1-4,13H,5,12H2,(H,15,20). The number of non-ortho nitro benzene ring substituents is 1. The fraction of sp³-hybridized carbons (Fsp3) is 0.0909. The monoisotopic (exact) mass is 290 g/mol. The minimum Gasteiger partial charge on any atom is -0.358 e. The third-order valence-electron chi connectivity index (χ3n) is 3.00. The largest absolute Gasteiger partial charge is 0.358 e. The Morgan fingerprint density at radius 3 is 2.90 bits per heavy atom. The van der Waals surface area contributed by atoms with Crippen LogP contribution < -0.4 is 5.84 Å². The number of hydrogen-bond acceptors (Lipinski definition) is 5. The minimum atomic E-state index is -0.420. The van der Waals surface area contributed by atoms with E-state index in [9.17, 15) is 10.1 Å². The molecule has 20 heavy (non-hydrogen) atoms. The number of nitrogens with two attached hydrogens (primary N) is 1. The highest BCUT2D eigenvalue weighted by molar-refractivity contribution is 7.71. The molecule has 0 saturated heterocycles. The van der Waals surface area contributed by atoms with Gasteiger partial charge >= 0.3 is 0 Å². The molecule has 0 aliphatic heterocycles. The highest BCUT2D eigenvalue weighted by atomic mass is 32.1. The number of hydrogen-bond donors (Lipinski definition) is 3. The van der Waals surface area contributed by atoms with E-state index in [1.165, 1.54) is 16.8 Å². The number of fused-ring (bicyclic) bond motifs is 1. The first-order valence-electron chi connectivity index (χ1n) is 5.72. The molecular weight excluding hydrogens is 280 g/mol. The molecule has 0 spiro atoms. The Bertz CT molecular complexity index is 861. The lowest BCUT2D eigenvalue weighted by Crippen LogP contribution is -2.13. The Balaban J connectivity index is 1.99. The summed E-state index contributed by atoms with van der Waals surface area (Å²) in [6.45, 7) is 0. The molecule has 0 atom stereocenters. The molecule has 0 aliphatic carbocycles. The van der Waals surface area contributed by atoms with Crippen molar-refractivity contribution in [2.24, 2.45) is 0 Å². The number of rotatable bonds is 3. The molecule has 102 valence electrons. The van der Waals surface area contributed by atoms with E-state index < -0.39 is 4.92 Å². The number of nitro benzene ring substituents is 1. The molecule has 9 heteroatoms. The summed E-state index contributed by atoms with van der Waals surface area (Å²) < 4.78 is 1.63. The maximum atomic E-state index is 10.7. The van der Waals surface area contributed by atoms with Gasteiger partial charge in [-0.05, 0) is 24.4 Å². The Morgan fingerprint density at radius 1 is 1.45 bits per heavy atom. The fourth-order valence-corrected chi connectivity index (χ4v) is 2.17. The lowest BCUT2D eigenvalue weighted by Gasteiger charge is -1.97. The normalized spacial score (nSPS) is 11.0. The number of benzene rings is 1. The first-order valence-corrected chi connectivity index (χ1v) is 6.13. The van der Waals surface area contributed by atoms with Gasteiger partial charge in [0.05, 0.1) is 4.92 Å². The number of nitro groups is 1. The Hall–Kier alpha value is -2.68. The third-order valence-corrected chi connectivity index (χ3v) is 3.28. The maximum absolute atomic E-state index is 10.7. The Morgan fingerprint density at radius 2 is 2.25 bits per heavy atom. The first-order chi connectivity index (χ1) is 9.54. The second-order valence-corrected chi connectivity index (χ2v) is 4.70. The molecule has 1 aromatic carbocycles. The van der Waals surface area contributed by atoms with Crippen LogP contribution in [0.3, 0.4) is 0 Å². The van der Waals surface area contributed by atoms with Crippen LogP contribution in [0.2, 0.25) is 0 Å². The molecular formula is C11H10N6O2S. The molecule has 8 nitrogen and oxygen atoms in total. The number of nitrogens with one attached hydrogen (secondary N) is 2. The average molecular weight is 290 g/mol. The van der Waals surface area contributed by atoms with Gasteiger partial charge in [0, 0.05) is 35.2 Å². The summed E-state index contributed by atoms with van der Waals surface area (Å²) in [6.07, 6.45) is 0.451. The van der Waals surface area contributed by atoms with Gasteiger partial charge in [-0.1, -0.05) is 0 Å². The van der Waals surface area contributed by atoms with Crippen molar-refractivity contribution in [1.82, 2.24) is 19.9 Å². The summed E-state index contributed by atoms with van der Waals surface area (Å²) in [6, 6.07) is 6.49. The van der Waals surface area contributed by atoms with Gasteiger partial charge in [-0.2, -0.15) is 5.10 Å². The van der Waals surface area contributed by atoms with E-state index in [0.29, 0.717) is 17.0 Å². The molecule has 0 amide bonds. The lowest BCUT2D eigenvalue weighted by molar-refractivity contribution is -0.384. The van der Waals surface area contributed by atoms with Crippen molar-refractivity contribution in [2.45, 2.75) is 6.42 Å². The van der Waals surface area contributed by atoms with Gasteiger partial charge in [0.2, 0.25) is 4.77 Å². The van der Waals surface area contributed by atoms with Gasteiger partial charge < -0.3 is 10.8 Å². The molecule has 0 unspecified atom stereocenters. The molecule has 3 rings (SSSR count). The van der Waals surface area contributed by atoms with Crippen LogP contribution in [0, 0.1) is 14.9 Å². The van der Waals surface area contributed by atoms with E-state index in [1.807, 2.05) is 6.07 Å². The quantitative estimate of drug-likeness (QED) is 0.293. The summed E-state index contributed by atoms with van der Waals surface area (Å²) in [7, 11) is 0. The SMILES string of the molecule is Nn1c(Cc2cc3cc([N+](=O)[O-])ccc3[nH]2)n[nH]c1=S. The van der Waals surface area contributed by atoms with Crippen LogP contribution in [0.15, 0.2) is 24.3 Å². The molecule has 0 fully saturated rings. The van der Waals surface area contributed by atoms with Crippen molar-refractivity contribution in [2.75, 3.05) is 5.84 Å². The summed E-state index contributed by atoms with van der Waals surface area (Å²) >= 11 is 4.94. The zero-order chi connectivity index (χ0) is 14.3. The number of nitrogens with zero attached hydrogens (tertiary/aromatic N) is 3. The maximum Gasteiger partial charge on any atom is 0.270 e. The van der Waals surface area contributed by atoms with Crippen LogP contribution in [-0.2, 0) is 6.42 Å². The van der Waals surface area contributed by atoms with Crippen LogP contribution in [0.5, 0.6) is 0 Å². The number of aromatic amines is 2. The molecule has 4 N–H and O–H groups in total. The van der Waals surface area contributed by atoms with Crippen molar-refractivity contribution < 1.29 is 4.92 Å². The Kier molecular flexibility index (Phi) is 2.75. The van der Waals surface area contributed by atoms with E-state index in [0.717, 1.165) is 16.6 Å². The first kappa shape index (κ1) is 12.4. The zero-order valence-corrected chi connectivity index (χ0v) is 11.0.